The van der Waals surface area contributed by atoms with Crippen LogP contribution < -0.4 is 15.5 Å². The zero-order valence-corrected chi connectivity index (χ0v) is 17.6. The molecule has 1 saturated heterocycles. The van der Waals surface area contributed by atoms with E-state index in [-0.39, 0.29) is 23.7 Å². The summed E-state index contributed by atoms with van der Waals surface area (Å²) in [6.07, 6.45) is 6.44. The molecule has 2 atom stereocenters. The van der Waals surface area contributed by atoms with Gasteiger partial charge in [-0.1, -0.05) is 0 Å². The second-order valence-corrected chi connectivity index (χ2v) is 8.12. The van der Waals surface area contributed by atoms with Gasteiger partial charge in [0.25, 0.3) is 0 Å². The van der Waals surface area contributed by atoms with Gasteiger partial charge in [0.1, 0.15) is 17.5 Å². The zero-order chi connectivity index (χ0) is 22.2. The lowest BCUT2D eigenvalue weighted by atomic mass is 9.99. The third kappa shape index (κ3) is 3.72. The van der Waals surface area contributed by atoms with E-state index in [1.807, 2.05) is 11.8 Å². The summed E-state index contributed by atoms with van der Waals surface area (Å²) in [5.41, 5.74) is 7.35. The van der Waals surface area contributed by atoms with E-state index in [4.69, 9.17) is 10.7 Å². The molecule has 2 N–H and O–H groups in total. The molecule has 0 bridgehead atoms. The maximum Gasteiger partial charge on any atom is 0.222 e. The van der Waals surface area contributed by atoms with Gasteiger partial charge in [-0.25, -0.2) is 29.3 Å². The van der Waals surface area contributed by atoms with Gasteiger partial charge in [-0.3, -0.25) is 4.79 Å². The number of pyridine rings is 1. The number of carbonyl (C=O) groups is 1. The number of halogens is 1. The molecular formula is C22H23FN8O. The minimum atomic E-state index is -0.363. The molecule has 1 fully saturated rings. The summed E-state index contributed by atoms with van der Waals surface area (Å²) in [7, 11) is 0. The lowest BCUT2D eigenvalue weighted by Crippen LogP contribution is -2.36. The van der Waals surface area contributed by atoms with Crippen LogP contribution in [0.3, 0.4) is 0 Å². The quantitative estimate of drug-likeness (QED) is 0.662. The van der Waals surface area contributed by atoms with Crippen molar-refractivity contribution < 1.29 is 9.18 Å². The molecule has 3 aromatic heterocycles. The first-order valence-electron chi connectivity index (χ1n) is 10.6. The number of nitrogens with two attached hydrogens (primary N) is 1. The van der Waals surface area contributed by atoms with Crippen LogP contribution >= 0.6 is 0 Å². The Balaban J connectivity index is 1.41. The van der Waals surface area contributed by atoms with Gasteiger partial charge in [0.15, 0.2) is 11.6 Å². The lowest BCUT2D eigenvalue weighted by molar-refractivity contribution is -0.121. The third-order valence-electron chi connectivity index (χ3n) is 6.14. The van der Waals surface area contributed by atoms with Crippen LogP contribution in [-0.2, 0) is 11.2 Å². The Morgan fingerprint density at radius 3 is 2.62 bits per heavy atom. The molecule has 3 aromatic rings. The van der Waals surface area contributed by atoms with Crippen LogP contribution in [-0.4, -0.2) is 50.5 Å². The molecule has 32 heavy (non-hydrogen) atoms. The van der Waals surface area contributed by atoms with E-state index >= 15 is 0 Å². The van der Waals surface area contributed by atoms with Crippen molar-refractivity contribution in [1.82, 2.24) is 24.9 Å². The molecule has 9 nitrogen and oxygen atoms in total. The van der Waals surface area contributed by atoms with Crippen LogP contribution in [0.1, 0.15) is 30.6 Å². The molecule has 0 spiro atoms. The smallest absolute Gasteiger partial charge is 0.222 e. The lowest BCUT2D eigenvalue weighted by Gasteiger charge is -2.36. The first-order valence-corrected chi connectivity index (χ1v) is 10.6. The maximum absolute atomic E-state index is 14.5. The van der Waals surface area contributed by atoms with E-state index in [2.05, 4.69) is 24.8 Å². The largest absolute Gasteiger partial charge is 0.369 e. The first kappa shape index (κ1) is 20.2. The Morgan fingerprint density at radius 2 is 1.88 bits per heavy atom. The SMILES string of the molecule is CC1c2cnc(-c3ncccn3)nc2CCN1c1cc(F)cc(N2CCC(C(N)=O)C2)n1. The van der Waals surface area contributed by atoms with Crippen molar-refractivity contribution in [2.75, 3.05) is 29.4 Å². The van der Waals surface area contributed by atoms with Gasteiger partial charge in [-0.2, -0.15) is 0 Å². The van der Waals surface area contributed by atoms with Crippen molar-refractivity contribution in [3.8, 4) is 11.6 Å². The molecule has 0 aliphatic carbocycles. The monoisotopic (exact) mass is 434 g/mol. The standard InChI is InChI=1S/C22H23FN8O/c1-13-16-11-27-22(21-25-5-2-6-26-21)28-17(16)4-8-31(13)19-10-15(23)9-18(29-19)30-7-3-14(12-30)20(24)32/h2,5-6,9-11,13-14H,3-4,7-8,12H2,1H3,(H2,24,32). The second-order valence-electron chi connectivity index (χ2n) is 8.12. The maximum atomic E-state index is 14.5. The molecule has 10 heteroatoms. The number of hydrogen-bond acceptors (Lipinski definition) is 8. The summed E-state index contributed by atoms with van der Waals surface area (Å²) in [6.45, 7) is 3.76. The molecule has 164 valence electrons. The van der Waals surface area contributed by atoms with Crippen molar-refractivity contribution in [3.63, 3.8) is 0 Å². The fourth-order valence-electron chi connectivity index (χ4n) is 4.38. The van der Waals surface area contributed by atoms with Gasteiger partial charge in [0.05, 0.1) is 17.7 Å². The van der Waals surface area contributed by atoms with Crippen molar-refractivity contribution in [2.45, 2.75) is 25.8 Å². The van der Waals surface area contributed by atoms with Crippen LogP contribution in [0.2, 0.25) is 0 Å². The summed E-state index contributed by atoms with van der Waals surface area (Å²) in [5.74, 6) is 1.13. The molecular weight excluding hydrogens is 411 g/mol. The van der Waals surface area contributed by atoms with Gasteiger partial charge in [0.2, 0.25) is 5.91 Å². The number of amides is 1. The summed E-state index contributed by atoms with van der Waals surface area (Å²) < 4.78 is 14.5. The number of rotatable bonds is 4. The van der Waals surface area contributed by atoms with E-state index in [9.17, 15) is 9.18 Å². The van der Waals surface area contributed by atoms with Crippen LogP contribution in [0.15, 0.2) is 36.8 Å². The van der Waals surface area contributed by atoms with Crippen LogP contribution in [0, 0.1) is 11.7 Å². The van der Waals surface area contributed by atoms with Gasteiger partial charge in [0, 0.05) is 62.3 Å². The van der Waals surface area contributed by atoms with Crippen LogP contribution in [0.5, 0.6) is 0 Å². The number of anilines is 2. The molecule has 0 aromatic carbocycles. The van der Waals surface area contributed by atoms with Crippen molar-refractivity contribution in [1.29, 1.82) is 0 Å². The molecule has 2 unspecified atom stereocenters. The van der Waals surface area contributed by atoms with Crippen molar-refractivity contribution in [3.05, 3.63) is 53.9 Å². The first-order chi connectivity index (χ1) is 15.5. The van der Waals surface area contributed by atoms with E-state index in [0.717, 1.165) is 11.3 Å². The highest BCUT2D eigenvalue weighted by Gasteiger charge is 2.30. The summed E-state index contributed by atoms with van der Waals surface area (Å²) in [5, 5.41) is 0. The van der Waals surface area contributed by atoms with Gasteiger partial charge < -0.3 is 15.5 Å². The van der Waals surface area contributed by atoms with Gasteiger partial charge in [-0.05, 0) is 19.4 Å². The molecule has 0 radical (unpaired) electrons. The van der Waals surface area contributed by atoms with Gasteiger partial charge in [-0.15, -0.1) is 0 Å². The molecule has 0 saturated carbocycles. The van der Waals surface area contributed by atoms with E-state index < -0.39 is 0 Å². The second kappa shape index (κ2) is 8.10. The highest BCUT2D eigenvalue weighted by Crippen LogP contribution is 2.34. The zero-order valence-electron chi connectivity index (χ0n) is 17.6. The minimum absolute atomic E-state index is 0.0800. The normalized spacial score (nSPS) is 20.3. The van der Waals surface area contributed by atoms with Crippen LogP contribution in [0.4, 0.5) is 16.0 Å². The highest BCUT2D eigenvalue weighted by atomic mass is 19.1. The average molecular weight is 434 g/mol. The van der Waals surface area contributed by atoms with E-state index in [1.54, 1.807) is 24.7 Å². The Labute approximate surface area is 184 Å². The number of aromatic nitrogens is 5. The molecule has 2 aliphatic heterocycles. The number of carbonyl (C=O) groups excluding carboxylic acids is 1. The van der Waals surface area contributed by atoms with Crippen molar-refractivity contribution >= 4 is 17.5 Å². The topological polar surface area (TPSA) is 114 Å². The highest BCUT2D eigenvalue weighted by molar-refractivity contribution is 5.78. The minimum Gasteiger partial charge on any atom is -0.369 e. The number of fused-ring (bicyclic) bond motifs is 1. The summed E-state index contributed by atoms with van der Waals surface area (Å²) in [4.78, 5) is 37.8. The molecule has 2 aliphatic rings. The van der Waals surface area contributed by atoms with Gasteiger partial charge >= 0.3 is 0 Å². The third-order valence-corrected chi connectivity index (χ3v) is 6.14. The average Bonchev–Trinajstić information content (AvgIpc) is 3.30. The van der Waals surface area contributed by atoms with Crippen molar-refractivity contribution in [2.24, 2.45) is 11.7 Å². The Kier molecular flexibility index (Phi) is 5.12. The number of primary amides is 1. The Hall–Kier alpha value is -3.69. The predicted octanol–water partition coefficient (Wildman–Crippen LogP) is 1.90. The Bertz CT molecular complexity index is 1160. The van der Waals surface area contributed by atoms with Crippen LogP contribution in [0.25, 0.3) is 11.6 Å². The molecule has 5 heterocycles. The van der Waals surface area contributed by atoms with E-state index in [0.29, 0.717) is 55.8 Å². The molecule has 1 amide bonds. The fourth-order valence-corrected chi connectivity index (χ4v) is 4.38. The number of hydrogen-bond donors (Lipinski definition) is 1. The Morgan fingerprint density at radius 1 is 1.09 bits per heavy atom. The summed E-state index contributed by atoms with van der Waals surface area (Å²) in [6, 6.07) is 4.52. The van der Waals surface area contributed by atoms with E-state index in [1.165, 1.54) is 12.1 Å². The summed E-state index contributed by atoms with van der Waals surface area (Å²) >= 11 is 0. The molecule has 5 rings (SSSR count). The number of nitrogens with zero attached hydrogens (tertiary/aromatic N) is 7. The fraction of sp³-hybridized carbons (Fsp3) is 0.364. The predicted molar refractivity (Wildman–Crippen MR) is 116 cm³/mol.